The second-order valence-electron chi connectivity index (χ2n) is 4.15. The average Bonchev–Trinajstić information content (AvgIpc) is 2.58. The summed E-state index contributed by atoms with van der Waals surface area (Å²) in [6, 6.07) is 2.87. The highest BCUT2D eigenvalue weighted by molar-refractivity contribution is 9.13. The minimum atomic E-state index is 0.270. The van der Waals surface area contributed by atoms with Crippen molar-refractivity contribution < 1.29 is 0 Å². The quantitative estimate of drug-likeness (QED) is 0.862. The Kier molecular flexibility index (Phi) is 4.46. The number of rotatable bonds is 2. The van der Waals surface area contributed by atoms with E-state index >= 15 is 0 Å². The summed E-state index contributed by atoms with van der Waals surface area (Å²) in [4.78, 5) is 3.85. The molecule has 1 aromatic heterocycles. The molecule has 5 heteroatoms. The first kappa shape index (κ1) is 13.0. The van der Waals surface area contributed by atoms with Crippen molar-refractivity contribution in [2.45, 2.75) is 31.8 Å². The van der Waals surface area contributed by atoms with E-state index in [1.54, 1.807) is 11.3 Å². The molecule has 2 rings (SSSR count). The summed E-state index contributed by atoms with van der Waals surface area (Å²) in [7, 11) is 0. The standard InChI is InChI=1S/C11H16Br2N2S/c1-2-15-5-3-4-8(14)10(15)9-6-7(12)11(13)16-9/h6,8,10H,2-5,14H2,1H3. The maximum absolute atomic E-state index is 6.27. The molecule has 1 fully saturated rings. The Labute approximate surface area is 117 Å². The molecule has 2 heterocycles. The maximum atomic E-state index is 6.27. The average molecular weight is 368 g/mol. The van der Waals surface area contributed by atoms with Crippen LogP contribution in [0.3, 0.4) is 0 Å². The lowest BCUT2D eigenvalue weighted by molar-refractivity contribution is 0.138. The minimum Gasteiger partial charge on any atom is -0.326 e. The zero-order valence-corrected chi connectivity index (χ0v) is 13.2. The van der Waals surface area contributed by atoms with Crippen molar-refractivity contribution in [1.82, 2.24) is 4.90 Å². The van der Waals surface area contributed by atoms with Crippen molar-refractivity contribution in [3.05, 3.63) is 19.2 Å². The molecule has 0 amide bonds. The topological polar surface area (TPSA) is 29.3 Å². The van der Waals surface area contributed by atoms with Crippen LogP contribution in [0, 0.1) is 0 Å². The van der Waals surface area contributed by atoms with E-state index < -0.39 is 0 Å². The number of hydrogen-bond acceptors (Lipinski definition) is 3. The Morgan fingerprint density at radius 1 is 1.56 bits per heavy atom. The molecule has 0 spiro atoms. The van der Waals surface area contributed by atoms with Gasteiger partial charge in [0.05, 0.1) is 9.83 Å². The van der Waals surface area contributed by atoms with Crippen LogP contribution in [0.1, 0.15) is 30.7 Å². The third-order valence-electron chi connectivity index (χ3n) is 3.14. The molecule has 1 aliphatic heterocycles. The Morgan fingerprint density at radius 2 is 2.31 bits per heavy atom. The van der Waals surface area contributed by atoms with Gasteiger partial charge < -0.3 is 5.73 Å². The molecule has 0 aromatic carbocycles. The highest BCUT2D eigenvalue weighted by Crippen LogP contribution is 2.40. The third kappa shape index (κ3) is 2.53. The van der Waals surface area contributed by atoms with Crippen LogP contribution < -0.4 is 5.73 Å². The van der Waals surface area contributed by atoms with E-state index in [9.17, 15) is 0 Å². The van der Waals surface area contributed by atoms with Crippen molar-refractivity contribution in [2.75, 3.05) is 13.1 Å². The van der Waals surface area contributed by atoms with Gasteiger partial charge in [0.1, 0.15) is 0 Å². The number of halogens is 2. The number of nitrogens with zero attached hydrogens (tertiary/aromatic N) is 1. The molecular formula is C11H16Br2N2S. The molecule has 1 saturated heterocycles. The van der Waals surface area contributed by atoms with Crippen LogP contribution in [-0.2, 0) is 0 Å². The molecule has 0 radical (unpaired) electrons. The SMILES string of the molecule is CCN1CCCC(N)C1c1cc(Br)c(Br)s1. The summed E-state index contributed by atoms with van der Waals surface area (Å²) in [6.45, 7) is 4.45. The summed E-state index contributed by atoms with van der Waals surface area (Å²) in [5.41, 5.74) is 6.27. The van der Waals surface area contributed by atoms with Crippen LogP contribution in [0.25, 0.3) is 0 Å². The van der Waals surface area contributed by atoms with Gasteiger partial charge in [-0.05, 0) is 63.9 Å². The molecular weight excluding hydrogens is 352 g/mol. The molecule has 2 atom stereocenters. The molecule has 0 aliphatic carbocycles. The Morgan fingerprint density at radius 3 is 2.88 bits per heavy atom. The summed E-state index contributed by atoms with van der Waals surface area (Å²) < 4.78 is 2.30. The second-order valence-corrected chi connectivity index (χ2v) is 7.41. The first-order valence-electron chi connectivity index (χ1n) is 5.57. The second kappa shape index (κ2) is 5.48. The molecule has 1 aliphatic rings. The van der Waals surface area contributed by atoms with E-state index in [1.165, 1.54) is 17.8 Å². The van der Waals surface area contributed by atoms with Gasteiger partial charge in [0, 0.05) is 15.4 Å². The van der Waals surface area contributed by atoms with Crippen molar-refractivity contribution >= 4 is 43.2 Å². The van der Waals surface area contributed by atoms with Gasteiger partial charge in [-0.2, -0.15) is 0 Å². The van der Waals surface area contributed by atoms with Crippen molar-refractivity contribution in [2.24, 2.45) is 5.73 Å². The predicted molar refractivity (Wildman–Crippen MR) is 76.9 cm³/mol. The fourth-order valence-electron chi connectivity index (χ4n) is 2.35. The molecule has 0 bridgehead atoms. The zero-order valence-electron chi connectivity index (χ0n) is 9.25. The van der Waals surface area contributed by atoms with Gasteiger partial charge in [-0.25, -0.2) is 0 Å². The smallest absolute Gasteiger partial charge is 0.0843 e. The van der Waals surface area contributed by atoms with Crippen molar-refractivity contribution in [1.29, 1.82) is 0 Å². The van der Waals surface area contributed by atoms with Crippen LogP contribution in [0.4, 0.5) is 0 Å². The van der Waals surface area contributed by atoms with E-state index in [2.05, 4.69) is 49.7 Å². The summed E-state index contributed by atoms with van der Waals surface area (Å²) in [5.74, 6) is 0. The molecule has 90 valence electrons. The van der Waals surface area contributed by atoms with E-state index in [0.717, 1.165) is 21.2 Å². The van der Waals surface area contributed by atoms with Crippen LogP contribution in [0.2, 0.25) is 0 Å². The van der Waals surface area contributed by atoms with Gasteiger partial charge in [-0.3, -0.25) is 4.90 Å². The number of hydrogen-bond donors (Lipinski definition) is 1. The van der Waals surface area contributed by atoms with E-state index in [4.69, 9.17) is 5.73 Å². The van der Waals surface area contributed by atoms with Crippen LogP contribution in [-0.4, -0.2) is 24.0 Å². The number of likely N-dealkylation sites (tertiary alicyclic amines) is 1. The molecule has 2 N–H and O–H groups in total. The number of nitrogens with two attached hydrogens (primary N) is 1. The van der Waals surface area contributed by atoms with Gasteiger partial charge in [-0.15, -0.1) is 11.3 Å². The lowest BCUT2D eigenvalue weighted by Gasteiger charge is -2.38. The normalized spacial score (nSPS) is 27.2. The third-order valence-corrected chi connectivity index (χ3v) is 6.47. The summed E-state index contributed by atoms with van der Waals surface area (Å²) >= 11 is 8.90. The predicted octanol–water partition coefficient (Wildman–Crippen LogP) is 3.76. The maximum Gasteiger partial charge on any atom is 0.0843 e. The van der Waals surface area contributed by atoms with E-state index in [-0.39, 0.29) is 6.04 Å². The molecule has 1 aromatic rings. The van der Waals surface area contributed by atoms with Crippen molar-refractivity contribution in [3.8, 4) is 0 Å². The highest BCUT2D eigenvalue weighted by Gasteiger charge is 2.30. The van der Waals surface area contributed by atoms with Crippen molar-refractivity contribution in [3.63, 3.8) is 0 Å². The fourth-order valence-corrected chi connectivity index (χ4v) is 4.65. The first-order valence-corrected chi connectivity index (χ1v) is 7.98. The summed E-state index contributed by atoms with van der Waals surface area (Å²) in [5, 5.41) is 0. The molecule has 16 heavy (non-hydrogen) atoms. The highest BCUT2D eigenvalue weighted by atomic mass is 79.9. The number of piperidine rings is 1. The minimum absolute atomic E-state index is 0.270. The molecule has 2 unspecified atom stereocenters. The Balaban J connectivity index is 2.27. The van der Waals surface area contributed by atoms with Crippen LogP contribution in [0.15, 0.2) is 14.3 Å². The number of thiophene rings is 1. The lowest BCUT2D eigenvalue weighted by atomic mass is 9.96. The van der Waals surface area contributed by atoms with Crippen LogP contribution in [0.5, 0.6) is 0 Å². The van der Waals surface area contributed by atoms with Gasteiger partial charge in [-0.1, -0.05) is 6.92 Å². The van der Waals surface area contributed by atoms with E-state index in [0.29, 0.717) is 6.04 Å². The Hall–Kier alpha value is 0.580. The van der Waals surface area contributed by atoms with Gasteiger partial charge >= 0.3 is 0 Å². The zero-order chi connectivity index (χ0) is 11.7. The summed E-state index contributed by atoms with van der Waals surface area (Å²) in [6.07, 6.45) is 2.35. The van der Waals surface area contributed by atoms with Gasteiger partial charge in [0.2, 0.25) is 0 Å². The fraction of sp³-hybridized carbons (Fsp3) is 0.636. The lowest BCUT2D eigenvalue weighted by Crippen LogP contribution is -2.45. The Bertz CT molecular complexity index is 347. The monoisotopic (exact) mass is 366 g/mol. The molecule has 2 nitrogen and oxygen atoms in total. The van der Waals surface area contributed by atoms with Crippen LogP contribution >= 0.6 is 43.2 Å². The molecule has 0 saturated carbocycles. The van der Waals surface area contributed by atoms with E-state index in [1.807, 2.05) is 0 Å². The van der Waals surface area contributed by atoms with Gasteiger partial charge in [0.15, 0.2) is 0 Å². The first-order chi connectivity index (χ1) is 7.63. The van der Waals surface area contributed by atoms with Gasteiger partial charge in [0.25, 0.3) is 0 Å². The number of likely N-dealkylation sites (N-methyl/N-ethyl adjacent to an activating group) is 1. The largest absolute Gasteiger partial charge is 0.326 e.